The van der Waals surface area contributed by atoms with E-state index in [1.54, 1.807) is 13.2 Å². The minimum atomic E-state index is -0.415. The number of ether oxygens (including phenoxy) is 2. The molecule has 2 N–H and O–H groups in total. The van der Waals surface area contributed by atoms with Gasteiger partial charge >= 0.3 is 5.97 Å². The molecule has 4 heteroatoms. The van der Waals surface area contributed by atoms with Crippen LogP contribution in [-0.4, -0.2) is 13.1 Å². The number of esters is 1. The van der Waals surface area contributed by atoms with E-state index < -0.39 is 5.97 Å². The van der Waals surface area contributed by atoms with Gasteiger partial charge in [0.15, 0.2) is 0 Å². The molecule has 0 radical (unpaired) electrons. The Bertz CT molecular complexity index is 665. The third-order valence-electron chi connectivity index (χ3n) is 3.26. The summed E-state index contributed by atoms with van der Waals surface area (Å²) in [4.78, 5) is 12.2. The summed E-state index contributed by atoms with van der Waals surface area (Å²) in [6.07, 6.45) is 0. The lowest BCUT2D eigenvalue weighted by Gasteiger charge is -2.10. The van der Waals surface area contributed by atoms with Crippen molar-refractivity contribution in [3.8, 4) is 5.75 Å². The maximum Gasteiger partial charge on any atom is 0.340 e. The normalized spacial score (nSPS) is 10.2. The first-order valence-electron chi connectivity index (χ1n) is 6.68. The Morgan fingerprint density at radius 3 is 2.67 bits per heavy atom. The van der Waals surface area contributed by atoms with E-state index in [-0.39, 0.29) is 6.61 Å². The zero-order valence-corrected chi connectivity index (χ0v) is 12.5. The quantitative estimate of drug-likeness (QED) is 0.692. The van der Waals surface area contributed by atoms with Crippen LogP contribution in [0, 0.1) is 13.8 Å². The Balaban J connectivity index is 2.11. The number of nitrogens with two attached hydrogens (primary N) is 1. The number of carbonyl (C=O) groups is 1. The van der Waals surface area contributed by atoms with E-state index in [1.165, 1.54) is 0 Å². The molecule has 0 aliphatic rings. The van der Waals surface area contributed by atoms with Gasteiger partial charge in [0.2, 0.25) is 0 Å². The molecular formula is C17H19NO3. The second-order valence-electron chi connectivity index (χ2n) is 4.97. The highest BCUT2D eigenvalue weighted by atomic mass is 16.5. The molecular weight excluding hydrogens is 266 g/mol. The van der Waals surface area contributed by atoms with Gasteiger partial charge < -0.3 is 15.2 Å². The van der Waals surface area contributed by atoms with Crippen LogP contribution < -0.4 is 10.5 Å². The maximum absolute atomic E-state index is 12.2. The molecule has 0 fully saturated rings. The highest BCUT2D eigenvalue weighted by Gasteiger charge is 2.14. The van der Waals surface area contributed by atoms with Crippen LogP contribution in [0.2, 0.25) is 0 Å². The van der Waals surface area contributed by atoms with Crippen LogP contribution in [0.1, 0.15) is 27.0 Å². The molecule has 0 spiro atoms. The molecule has 2 aromatic carbocycles. The first-order chi connectivity index (χ1) is 10.0. The number of carbonyl (C=O) groups excluding carboxylic acids is 1. The predicted molar refractivity (Wildman–Crippen MR) is 82.4 cm³/mol. The number of anilines is 1. The first-order valence-corrected chi connectivity index (χ1v) is 6.68. The van der Waals surface area contributed by atoms with Gasteiger partial charge in [0.05, 0.1) is 12.7 Å². The Morgan fingerprint density at radius 2 is 1.95 bits per heavy atom. The number of hydrogen-bond acceptors (Lipinski definition) is 4. The zero-order chi connectivity index (χ0) is 15.4. The Kier molecular flexibility index (Phi) is 4.48. The monoisotopic (exact) mass is 285 g/mol. The Morgan fingerprint density at radius 1 is 1.19 bits per heavy atom. The number of aryl methyl sites for hydroxylation is 2. The highest BCUT2D eigenvalue weighted by Crippen LogP contribution is 2.21. The van der Waals surface area contributed by atoms with Gasteiger partial charge in [-0.1, -0.05) is 18.2 Å². The van der Waals surface area contributed by atoms with E-state index in [0.717, 1.165) is 22.4 Å². The van der Waals surface area contributed by atoms with Crippen LogP contribution in [0.4, 0.5) is 5.69 Å². The third-order valence-corrected chi connectivity index (χ3v) is 3.26. The molecule has 0 aromatic heterocycles. The minimum Gasteiger partial charge on any atom is -0.497 e. The summed E-state index contributed by atoms with van der Waals surface area (Å²) in [6, 6.07) is 11.1. The van der Waals surface area contributed by atoms with Crippen molar-refractivity contribution in [3.63, 3.8) is 0 Å². The van der Waals surface area contributed by atoms with E-state index in [0.29, 0.717) is 11.3 Å². The number of methoxy groups -OCH3 is 1. The molecule has 2 rings (SSSR count). The van der Waals surface area contributed by atoms with E-state index in [2.05, 4.69) is 0 Å². The molecule has 2 aromatic rings. The van der Waals surface area contributed by atoms with Crippen molar-refractivity contribution < 1.29 is 14.3 Å². The molecule has 0 bridgehead atoms. The second-order valence-corrected chi connectivity index (χ2v) is 4.97. The highest BCUT2D eigenvalue weighted by molar-refractivity contribution is 5.96. The SMILES string of the molecule is COc1cccc(COC(=O)c2cc(C)cc(C)c2N)c1. The molecule has 0 saturated heterocycles. The van der Waals surface area contributed by atoms with Gasteiger partial charge in [0.1, 0.15) is 12.4 Å². The topological polar surface area (TPSA) is 61.5 Å². The zero-order valence-electron chi connectivity index (χ0n) is 12.5. The van der Waals surface area contributed by atoms with Gasteiger partial charge in [-0.2, -0.15) is 0 Å². The van der Waals surface area contributed by atoms with Gasteiger partial charge in [-0.15, -0.1) is 0 Å². The fourth-order valence-electron chi connectivity index (χ4n) is 2.14. The van der Waals surface area contributed by atoms with Crippen LogP contribution in [-0.2, 0) is 11.3 Å². The van der Waals surface area contributed by atoms with Crippen molar-refractivity contribution in [3.05, 3.63) is 58.7 Å². The second kappa shape index (κ2) is 6.31. The average Bonchev–Trinajstić information content (AvgIpc) is 2.48. The molecule has 21 heavy (non-hydrogen) atoms. The Hall–Kier alpha value is -2.49. The molecule has 0 saturated carbocycles. The summed E-state index contributed by atoms with van der Waals surface area (Å²) < 4.78 is 10.5. The summed E-state index contributed by atoms with van der Waals surface area (Å²) in [5.74, 6) is 0.316. The van der Waals surface area contributed by atoms with Gasteiger partial charge in [-0.25, -0.2) is 4.79 Å². The fraction of sp³-hybridized carbons (Fsp3) is 0.235. The minimum absolute atomic E-state index is 0.183. The van der Waals surface area contributed by atoms with Gasteiger partial charge in [-0.3, -0.25) is 0 Å². The van der Waals surface area contributed by atoms with Crippen LogP contribution in [0.3, 0.4) is 0 Å². The predicted octanol–water partition coefficient (Wildman–Crippen LogP) is 3.25. The maximum atomic E-state index is 12.2. The number of hydrogen-bond donors (Lipinski definition) is 1. The van der Waals surface area contributed by atoms with Crippen molar-refractivity contribution in [1.29, 1.82) is 0 Å². The van der Waals surface area contributed by atoms with E-state index >= 15 is 0 Å². The average molecular weight is 285 g/mol. The standard InChI is InChI=1S/C17H19NO3/c1-11-7-12(2)16(18)15(8-11)17(19)21-10-13-5-4-6-14(9-13)20-3/h4-9H,10,18H2,1-3H3. The summed E-state index contributed by atoms with van der Waals surface area (Å²) >= 11 is 0. The van der Waals surface area contributed by atoms with Crippen molar-refractivity contribution in [2.45, 2.75) is 20.5 Å². The Labute approximate surface area is 124 Å². The summed E-state index contributed by atoms with van der Waals surface area (Å²) in [6.45, 7) is 3.98. The molecule has 110 valence electrons. The first kappa shape index (κ1) is 14.9. The van der Waals surface area contributed by atoms with Crippen molar-refractivity contribution >= 4 is 11.7 Å². The lowest BCUT2D eigenvalue weighted by molar-refractivity contribution is 0.0473. The summed E-state index contributed by atoms with van der Waals surface area (Å²) in [7, 11) is 1.60. The molecule has 4 nitrogen and oxygen atoms in total. The smallest absolute Gasteiger partial charge is 0.340 e. The van der Waals surface area contributed by atoms with Gasteiger partial charge in [0, 0.05) is 5.69 Å². The lowest BCUT2D eigenvalue weighted by Crippen LogP contribution is -2.10. The summed E-state index contributed by atoms with van der Waals surface area (Å²) in [5.41, 5.74) is 9.55. The summed E-state index contributed by atoms with van der Waals surface area (Å²) in [5, 5.41) is 0. The largest absolute Gasteiger partial charge is 0.497 e. The van der Waals surface area contributed by atoms with Crippen LogP contribution in [0.25, 0.3) is 0 Å². The third kappa shape index (κ3) is 3.54. The van der Waals surface area contributed by atoms with E-state index in [1.807, 2.05) is 44.2 Å². The van der Waals surface area contributed by atoms with Gasteiger partial charge in [0.25, 0.3) is 0 Å². The van der Waals surface area contributed by atoms with Crippen LogP contribution in [0.5, 0.6) is 5.75 Å². The fourth-order valence-corrected chi connectivity index (χ4v) is 2.14. The van der Waals surface area contributed by atoms with Gasteiger partial charge in [-0.05, 0) is 48.7 Å². The number of nitrogen functional groups attached to an aromatic ring is 1. The number of rotatable bonds is 4. The molecule has 0 aliphatic heterocycles. The molecule has 0 heterocycles. The number of benzene rings is 2. The van der Waals surface area contributed by atoms with Crippen molar-refractivity contribution in [2.75, 3.05) is 12.8 Å². The van der Waals surface area contributed by atoms with E-state index in [9.17, 15) is 4.79 Å². The molecule has 0 atom stereocenters. The molecule has 0 amide bonds. The molecule has 0 unspecified atom stereocenters. The van der Waals surface area contributed by atoms with Crippen molar-refractivity contribution in [2.24, 2.45) is 0 Å². The van der Waals surface area contributed by atoms with Crippen molar-refractivity contribution in [1.82, 2.24) is 0 Å². The van der Waals surface area contributed by atoms with Crippen LogP contribution >= 0.6 is 0 Å². The lowest BCUT2D eigenvalue weighted by atomic mass is 10.0. The van der Waals surface area contributed by atoms with E-state index in [4.69, 9.17) is 15.2 Å². The van der Waals surface area contributed by atoms with Crippen LogP contribution in [0.15, 0.2) is 36.4 Å². The molecule has 0 aliphatic carbocycles.